The van der Waals surface area contributed by atoms with E-state index in [1.165, 1.54) is 13.2 Å². The highest BCUT2D eigenvalue weighted by Crippen LogP contribution is 2.50. The molecule has 2 rings (SSSR count). The molecule has 1 fully saturated rings. The van der Waals surface area contributed by atoms with Gasteiger partial charge in [-0.05, 0) is 30.5 Å². The Morgan fingerprint density at radius 3 is 2.31 bits per heavy atom. The largest absolute Gasteiger partial charge is 0.491 e. The van der Waals surface area contributed by atoms with Gasteiger partial charge in [-0.25, -0.2) is 13.6 Å². The van der Waals surface area contributed by atoms with Crippen molar-refractivity contribution in [3.8, 4) is 5.75 Å². The molecule has 0 unspecified atom stereocenters. The fourth-order valence-corrected chi connectivity index (χ4v) is 1.69. The van der Waals surface area contributed by atoms with Gasteiger partial charge in [-0.1, -0.05) is 0 Å². The summed E-state index contributed by atoms with van der Waals surface area (Å²) in [6.45, 7) is 0. The topological polar surface area (TPSA) is 38.7 Å². The SMILES string of the molecule is COc1c(F)cc(C2(N=C=O)CC2)cc1F. The van der Waals surface area contributed by atoms with Gasteiger partial charge in [0.15, 0.2) is 17.4 Å². The van der Waals surface area contributed by atoms with Crippen LogP contribution in [0.5, 0.6) is 5.75 Å². The van der Waals surface area contributed by atoms with E-state index in [0.717, 1.165) is 12.1 Å². The van der Waals surface area contributed by atoms with Gasteiger partial charge in [0, 0.05) is 0 Å². The Balaban J connectivity index is 2.48. The molecule has 0 N–H and O–H groups in total. The molecule has 1 aliphatic rings. The molecule has 0 heterocycles. The molecule has 16 heavy (non-hydrogen) atoms. The molecule has 0 aromatic heterocycles. The monoisotopic (exact) mass is 225 g/mol. The Labute approximate surface area is 90.8 Å². The van der Waals surface area contributed by atoms with E-state index in [4.69, 9.17) is 0 Å². The number of methoxy groups -OCH3 is 1. The highest BCUT2D eigenvalue weighted by atomic mass is 19.1. The van der Waals surface area contributed by atoms with Gasteiger partial charge in [-0.3, -0.25) is 0 Å². The first-order valence-electron chi connectivity index (χ1n) is 4.75. The summed E-state index contributed by atoms with van der Waals surface area (Å²) < 4.78 is 31.4. The zero-order valence-corrected chi connectivity index (χ0v) is 8.59. The summed E-state index contributed by atoms with van der Waals surface area (Å²) in [5, 5.41) is 0. The number of rotatable bonds is 3. The molecule has 84 valence electrons. The summed E-state index contributed by atoms with van der Waals surface area (Å²) in [7, 11) is 1.19. The van der Waals surface area contributed by atoms with Crippen LogP contribution in [-0.4, -0.2) is 13.2 Å². The Morgan fingerprint density at radius 1 is 1.38 bits per heavy atom. The van der Waals surface area contributed by atoms with Crippen LogP contribution in [0.15, 0.2) is 17.1 Å². The smallest absolute Gasteiger partial charge is 0.235 e. The number of carbonyl (C=O) groups excluding carboxylic acids is 1. The zero-order valence-electron chi connectivity index (χ0n) is 8.59. The van der Waals surface area contributed by atoms with Crippen LogP contribution in [0.25, 0.3) is 0 Å². The molecular formula is C11H9F2NO2. The van der Waals surface area contributed by atoms with Crippen molar-refractivity contribution in [2.24, 2.45) is 4.99 Å². The summed E-state index contributed by atoms with van der Waals surface area (Å²) in [6, 6.07) is 2.30. The second-order valence-electron chi connectivity index (χ2n) is 3.71. The van der Waals surface area contributed by atoms with Crippen molar-refractivity contribution < 1.29 is 18.3 Å². The minimum Gasteiger partial charge on any atom is -0.491 e. The number of hydrogen-bond donors (Lipinski definition) is 0. The summed E-state index contributed by atoms with van der Waals surface area (Å²) >= 11 is 0. The van der Waals surface area contributed by atoms with Gasteiger partial charge in [0.05, 0.1) is 12.6 Å². The second-order valence-corrected chi connectivity index (χ2v) is 3.71. The first-order valence-corrected chi connectivity index (χ1v) is 4.75. The lowest BCUT2D eigenvalue weighted by atomic mass is 10.0. The third-order valence-corrected chi connectivity index (χ3v) is 2.72. The average molecular weight is 225 g/mol. The molecule has 1 saturated carbocycles. The number of aliphatic imine (C=N–C) groups is 1. The van der Waals surface area contributed by atoms with E-state index in [-0.39, 0.29) is 0 Å². The number of halogens is 2. The van der Waals surface area contributed by atoms with Gasteiger partial charge >= 0.3 is 0 Å². The van der Waals surface area contributed by atoms with Gasteiger partial charge in [0.2, 0.25) is 6.08 Å². The van der Waals surface area contributed by atoms with Gasteiger partial charge < -0.3 is 4.74 Å². The fraction of sp³-hybridized carbons (Fsp3) is 0.364. The van der Waals surface area contributed by atoms with Crippen LogP contribution >= 0.6 is 0 Å². The molecule has 0 saturated heterocycles. The molecule has 5 heteroatoms. The predicted molar refractivity (Wildman–Crippen MR) is 51.9 cm³/mol. The lowest BCUT2D eigenvalue weighted by molar-refractivity contribution is 0.358. The molecule has 1 aromatic carbocycles. The number of hydrogen-bond acceptors (Lipinski definition) is 3. The molecule has 0 bridgehead atoms. The van der Waals surface area contributed by atoms with Crippen molar-refractivity contribution in [2.75, 3.05) is 7.11 Å². The van der Waals surface area contributed by atoms with Crippen LogP contribution in [0.2, 0.25) is 0 Å². The zero-order chi connectivity index (χ0) is 11.8. The average Bonchev–Trinajstić information content (AvgIpc) is 2.99. The molecule has 0 radical (unpaired) electrons. The van der Waals surface area contributed by atoms with Crippen molar-refractivity contribution in [3.63, 3.8) is 0 Å². The normalized spacial score (nSPS) is 16.4. The van der Waals surface area contributed by atoms with E-state index in [1.54, 1.807) is 0 Å². The van der Waals surface area contributed by atoms with Crippen LogP contribution in [-0.2, 0) is 10.3 Å². The third-order valence-electron chi connectivity index (χ3n) is 2.72. The summed E-state index contributed by atoms with van der Waals surface area (Å²) in [4.78, 5) is 13.8. The lowest BCUT2D eigenvalue weighted by Crippen LogP contribution is -2.05. The van der Waals surface area contributed by atoms with Gasteiger partial charge in [-0.15, -0.1) is 0 Å². The van der Waals surface area contributed by atoms with Crippen LogP contribution in [0, 0.1) is 11.6 Å². The Hall–Kier alpha value is -1.74. The highest BCUT2D eigenvalue weighted by Gasteiger charge is 2.45. The maximum Gasteiger partial charge on any atom is 0.235 e. The van der Waals surface area contributed by atoms with E-state index in [1.807, 2.05) is 0 Å². The number of ether oxygens (including phenoxy) is 1. The minimum absolute atomic E-state index is 0.353. The highest BCUT2D eigenvalue weighted by molar-refractivity contribution is 5.43. The van der Waals surface area contributed by atoms with Crippen LogP contribution in [0.4, 0.5) is 8.78 Å². The summed E-state index contributed by atoms with van der Waals surface area (Å²) in [5.41, 5.74) is -0.415. The van der Waals surface area contributed by atoms with Gasteiger partial charge in [0.1, 0.15) is 0 Å². The first-order chi connectivity index (χ1) is 7.63. The minimum atomic E-state index is -0.787. The molecule has 0 amide bonds. The van der Waals surface area contributed by atoms with Gasteiger partial charge in [-0.2, -0.15) is 4.99 Å². The quantitative estimate of drug-likeness (QED) is 0.584. The molecule has 1 aliphatic carbocycles. The Bertz CT molecular complexity index is 454. The number of benzene rings is 1. The predicted octanol–water partition coefficient (Wildman–Crippen LogP) is 2.30. The van der Waals surface area contributed by atoms with E-state index in [9.17, 15) is 13.6 Å². The first kappa shape index (κ1) is 10.8. The van der Waals surface area contributed by atoms with Crippen LogP contribution in [0.1, 0.15) is 18.4 Å². The van der Waals surface area contributed by atoms with E-state index in [2.05, 4.69) is 9.73 Å². The Kier molecular flexibility index (Phi) is 2.48. The molecule has 3 nitrogen and oxygen atoms in total. The molecular weight excluding hydrogens is 216 g/mol. The van der Waals surface area contributed by atoms with Crippen molar-refractivity contribution in [1.29, 1.82) is 0 Å². The molecule has 0 atom stereocenters. The van der Waals surface area contributed by atoms with Crippen LogP contribution in [0.3, 0.4) is 0 Å². The molecule has 1 aromatic rings. The van der Waals surface area contributed by atoms with Crippen LogP contribution < -0.4 is 4.74 Å². The standard InChI is InChI=1S/C11H9F2NO2/c1-16-10-8(12)4-7(5-9(10)13)11(2-3-11)14-6-15/h4-5H,2-3H2,1H3. The van der Waals surface area contributed by atoms with Crippen molar-refractivity contribution >= 4 is 6.08 Å². The fourth-order valence-electron chi connectivity index (χ4n) is 1.69. The van der Waals surface area contributed by atoms with E-state index >= 15 is 0 Å². The summed E-state index contributed by atoms with van der Waals surface area (Å²) in [5.74, 6) is -2.00. The lowest BCUT2D eigenvalue weighted by Gasteiger charge is -2.10. The van der Waals surface area contributed by atoms with E-state index < -0.39 is 22.9 Å². The van der Waals surface area contributed by atoms with Gasteiger partial charge in [0.25, 0.3) is 0 Å². The summed E-state index contributed by atoms with van der Waals surface area (Å²) in [6.07, 6.45) is 2.64. The molecule has 0 aliphatic heterocycles. The van der Waals surface area contributed by atoms with Crippen molar-refractivity contribution in [1.82, 2.24) is 0 Å². The maximum atomic E-state index is 13.4. The Morgan fingerprint density at radius 2 is 1.94 bits per heavy atom. The molecule has 0 spiro atoms. The maximum absolute atomic E-state index is 13.4. The van der Waals surface area contributed by atoms with Crippen molar-refractivity contribution in [2.45, 2.75) is 18.4 Å². The number of nitrogens with zero attached hydrogens (tertiary/aromatic N) is 1. The van der Waals surface area contributed by atoms with E-state index in [0.29, 0.717) is 18.4 Å². The van der Waals surface area contributed by atoms with Crippen molar-refractivity contribution in [3.05, 3.63) is 29.3 Å². The second kappa shape index (κ2) is 3.68. The number of isocyanates is 1. The third kappa shape index (κ3) is 1.59.